The largest absolute Gasteiger partial charge is 0.495 e. The van der Waals surface area contributed by atoms with E-state index in [0.29, 0.717) is 5.75 Å². The summed E-state index contributed by atoms with van der Waals surface area (Å²) in [7, 11) is 2.90. The highest BCUT2D eigenvalue weighted by Gasteiger charge is 2.10. The molecule has 0 amide bonds. The second kappa shape index (κ2) is 3.61. The molecule has 0 bridgehead atoms. The molecule has 0 spiro atoms. The van der Waals surface area contributed by atoms with Crippen molar-refractivity contribution in [3.05, 3.63) is 30.1 Å². The van der Waals surface area contributed by atoms with E-state index in [2.05, 4.69) is 9.84 Å². The van der Waals surface area contributed by atoms with Gasteiger partial charge in [0.2, 0.25) is 0 Å². The third-order valence-electron chi connectivity index (χ3n) is 2.06. The molecule has 0 N–H and O–H groups in total. The molecule has 0 fully saturated rings. The van der Waals surface area contributed by atoms with Crippen LogP contribution < -0.4 is 4.74 Å². The van der Waals surface area contributed by atoms with Crippen LogP contribution in [0.25, 0.3) is 5.52 Å². The van der Waals surface area contributed by atoms with E-state index < -0.39 is 5.97 Å². The van der Waals surface area contributed by atoms with Gasteiger partial charge in [-0.15, -0.1) is 0 Å². The first-order valence-corrected chi connectivity index (χ1v) is 4.36. The predicted octanol–water partition coefficient (Wildman–Crippen LogP) is 1.13. The molecular formula is C10H10N2O3. The first-order valence-electron chi connectivity index (χ1n) is 4.36. The lowest BCUT2D eigenvalue weighted by Crippen LogP contribution is -2.02. The van der Waals surface area contributed by atoms with Gasteiger partial charge in [0, 0.05) is 0 Å². The maximum atomic E-state index is 11.2. The highest BCUT2D eigenvalue weighted by atomic mass is 16.5. The van der Waals surface area contributed by atoms with Crippen molar-refractivity contribution in [3.63, 3.8) is 0 Å². The minimum atomic E-state index is -0.447. The molecule has 78 valence electrons. The second-order valence-corrected chi connectivity index (χ2v) is 2.96. The lowest BCUT2D eigenvalue weighted by Gasteiger charge is -1.98. The van der Waals surface area contributed by atoms with Gasteiger partial charge < -0.3 is 9.47 Å². The number of methoxy groups -OCH3 is 2. The number of pyridine rings is 1. The fourth-order valence-electron chi connectivity index (χ4n) is 1.29. The zero-order valence-corrected chi connectivity index (χ0v) is 8.43. The normalized spacial score (nSPS) is 10.3. The molecule has 5 heteroatoms. The highest BCUT2D eigenvalue weighted by molar-refractivity contribution is 5.88. The Kier molecular flexibility index (Phi) is 2.29. The molecule has 0 aromatic carbocycles. The summed E-state index contributed by atoms with van der Waals surface area (Å²) in [5, 5.41) is 4.05. The summed E-state index contributed by atoms with van der Waals surface area (Å²) >= 11 is 0. The van der Waals surface area contributed by atoms with Crippen LogP contribution in [0.2, 0.25) is 0 Å². The number of carbonyl (C=O) groups excluding carboxylic acids is 1. The molecule has 0 atom stereocenters. The van der Waals surface area contributed by atoms with Crippen molar-refractivity contribution in [2.75, 3.05) is 14.2 Å². The lowest BCUT2D eigenvalue weighted by atomic mass is 10.3. The molecule has 0 aliphatic heterocycles. The molecule has 0 aliphatic rings. The molecule has 0 saturated carbocycles. The average Bonchev–Trinajstić information content (AvgIpc) is 2.70. The zero-order chi connectivity index (χ0) is 10.8. The smallest absolute Gasteiger partial charge is 0.358 e. The summed E-state index contributed by atoms with van der Waals surface area (Å²) < 4.78 is 11.2. The molecule has 2 heterocycles. The Hall–Kier alpha value is -2.04. The molecule has 0 radical (unpaired) electrons. The van der Waals surface area contributed by atoms with E-state index >= 15 is 0 Å². The quantitative estimate of drug-likeness (QED) is 0.691. The number of aromatic nitrogens is 2. The zero-order valence-electron chi connectivity index (χ0n) is 8.43. The first kappa shape index (κ1) is 9.51. The Morgan fingerprint density at radius 2 is 2.20 bits per heavy atom. The number of rotatable bonds is 2. The van der Waals surface area contributed by atoms with E-state index in [1.807, 2.05) is 6.07 Å². The van der Waals surface area contributed by atoms with E-state index in [1.54, 1.807) is 30.0 Å². The number of hydrogen-bond donors (Lipinski definition) is 0. The van der Waals surface area contributed by atoms with Crippen molar-refractivity contribution in [1.82, 2.24) is 9.61 Å². The van der Waals surface area contributed by atoms with Gasteiger partial charge in [-0.2, -0.15) is 5.10 Å². The number of carbonyl (C=O) groups is 1. The summed E-state index contributed by atoms with van der Waals surface area (Å²) in [6.07, 6.45) is 1.70. The van der Waals surface area contributed by atoms with Crippen LogP contribution in [0, 0.1) is 0 Å². The summed E-state index contributed by atoms with van der Waals surface area (Å²) in [6, 6.07) is 5.28. The van der Waals surface area contributed by atoms with Crippen LogP contribution in [0.3, 0.4) is 0 Å². The number of ether oxygens (including phenoxy) is 2. The van der Waals surface area contributed by atoms with Crippen molar-refractivity contribution < 1.29 is 14.3 Å². The molecule has 15 heavy (non-hydrogen) atoms. The summed E-state index contributed by atoms with van der Waals surface area (Å²) in [5.41, 5.74) is 1.10. The van der Waals surface area contributed by atoms with Gasteiger partial charge in [-0.3, -0.25) is 0 Å². The fraction of sp³-hybridized carbons (Fsp3) is 0.200. The van der Waals surface area contributed by atoms with E-state index in [1.165, 1.54) is 7.11 Å². The molecular weight excluding hydrogens is 196 g/mol. The monoisotopic (exact) mass is 206 g/mol. The minimum absolute atomic E-state index is 0.283. The average molecular weight is 206 g/mol. The van der Waals surface area contributed by atoms with Crippen LogP contribution in [0.15, 0.2) is 24.4 Å². The number of hydrogen-bond acceptors (Lipinski definition) is 4. The molecule has 0 aliphatic carbocycles. The summed E-state index contributed by atoms with van der Waals surface area (Å²) in [5.74, 6) is 0.236. The van der Waals surface area contributed by atoms with Crippen molar-refractivity contribution >= 4 is 11.5 Å². The van der Waals surface area contributed by atoms with Crippen molar-refractivity contribution in [2.24, 2.45) is 0 Å². The van der Waals surface area contributed by atoms with Crippen LogP contribution >= 0.6 is 0 Å². The van der Waals surface area contributed by atoms with E-state index in [0.717, 1.165) is 5.52 Å². The van der Waals surface area contributed by atoms with Crippen LogP contribution in [0.1, 0.15) is 10.5 Å². The maximum absolute atomic E-state index is 11.2. The maximum Gasteiger partial charge on any atom is 0.358 e. The number of fused-ring (bicyclic) bond motifs is 1. The minimum Gasteiger partial charge on any atom is -0.495 e. The van der Waals surface area contributed by atoms with E-state index in [-0.39, 0.29) is 5.69 Å². The first-order chi connectivity index (χ1) is 7.24. The van der Waals surface area contributed by atoms with Gasteiger partial charge in [0.05, 0.1) is 25.9 Å². The van der Waals surface area contributed by atoms with E-state index in [9.17, 15) is 4.79 Å². The van der Waals surface area contributed by atoms with Crippen LogP contribution in [-0.2, 0) is 4.74 Å². The summed E-state index contributed by atoms with van der Waals surface area (Å²) in [6.45, 7) is 0. The van der Waals surface area contributed by atoms with Gasteiger partial charge in [-0.1, -0.05) is 0 Å². The van der Waals surface area contributed by atoms with Gasteiger partial charge in [0.15, 0.2) is 5.69 Å². The third kappa shape index (κ3) is 1.63. The Morgan fingerprint density at radius 3 is 2.87 bits per heavy atom. The highest BCUT2D eigenvalue weighted by Crippen LogP contribution is 2.13. The topological polar surface area (TPSA) is 52.8 Å². The molecule has 5 nitrogen and oxygen atoms in total. The lowest BCUT2D eigenvalue weighted by molar-refractivity contribution is 0.0593. The van der Waals surface area contributed by atoms with Crippen molar-refractivity contribution in [1.29, 1.82) is 0 Å². The number of esters is 1. The summed E-state index contributed by atoms with van der Waals surface area (Å²) in [4.78, 5) is 11.2. The molecule has 2 aromatic rings. The molecule has 0 saturated heterocycles. The molecule has 0 unspecified atom stereocenters. The van der Waals surface area contributed by atoms with Gasteiger partial charge in [0.25, 0.3) is 0 Å². The predicted molar refractivity (Wildman–Crippen MR) is 53.1 cm³/mol. The Morgan fingerprint density at radius 1 is 1.40 bits per heavy atom. The van der Waals surface area contributed by atoms with Crippen LogP contribution in [0.5, 0.6) is 5.75 Å². The Balaban J connectivity index is 2.51. The van der Waals surface area contributed by atoms with E-state index in [4.69, 9.17) is 4.74 Å². The van der Waals surface area contributed by atoms with Crippen molar-refractivity contribution in [3.8, 4) is 5.75 Å². The fourth-order valence-corrected chi connectivity index (χ4v) is 1.29. The standard InChI is InChI=1S/C10H10N2O3/c1-14-8-4-3-7-5-9(10(13)15-2)11-12(7)6-8/h3-6H,1-2H3. The van der Waals surface area contributed by atoms with Gasteiger partial charge >= 0.3 is 5.97 Å². The van der Waals surface area contributed by atoms with Gasteiger partial charge in [0.1, 0.15) is 5.75 Å². The van der Waals surface area contributed by atoms with Crippen molar-refractivity contribution in [2.45, 2.75) is 0 Å². The number of nitrogens with zero attached hydrogens (tertiary/aromatic N) is 2. The molecule has 2 rings (SSSR count). The van der Waals surface area contributed by atoms with Crippen LogP contribution in [0.4, 0.5) is 0 Å². The Labute approximate surface area is 86.2 Å². The third-order valence-corrected chi connectivity index (χ3v) is 2.06. The molecule has 2 aromatic heterocycles. The van der Waals surface area contributed by atoms with Gasteiger partial charge in [-0.25, -0.2) is 9.31 Å². The Bertz CT molecular complexity index is 504. The van der Waals surface area contributed by atoms with Gasteiger partial charge in [-0.05, 0) is 18.2 Å². The second-order valence-electron chi connectivity index (χ2n) is 2.96. The van der Waals surface area contributed by atoms with Crippen LogP contribution in [-0.4, -0.2) is 29.8 Å². The SMILES string of the molecule is COC(=O)c1cc2ccc(OC)cn2n1.